The van der Waals surface area contributed by atoms with Gasteiger partial charge in [0.1, 0.15) is 34.2 Å². The second-order valence-corrected chi connectivity index (χ2v) is 30.5. The summed E-state index contributed by atoms with van der Waals surface area (Å²) in [6, 6.07) is 112. The van der Waals surface area contributed by atoms with Gasteiger partial charge in [-0.25, -0.2) is 0 Å². The molecule has 0 radical (unpaired) electrons. The van der Waals surface area contributed by atoms with Crippen LogP contribution in [0.25, 0.3) is 194 Å². The molecule has 0 aliphatic rings. The third kappa shape index (κ3) is 11.3. The lowest BCUT2D eigenvalue weighted by atomic mass is 9.86. The van der Waals surface area contributed by atoms with E-state index in [4.69, 9.17) is 9.15 Å². The maximum Gasteiger partial charge on any atom is 0.197 e. The molecule has 0 bridgehead atoms. The Bertz CT molecular complexity index is 7980. The summed E-state index contributed by atoms with van der Waals surface area (Å²) in [5.74, 6) is 0.361. The number of ketones is 3. The van der Waals surface area contributed by atoms with E-state index in [-0.39, 0.29) is 34.6 Å². The van der Waals surface area contributed by atoms with Crippen LogP contribution in [0.15, 0.2) is 338 Å². The molecule has 552 valence electrons. The van der Waals surface area contributed by atoms with Crippen LogP contribution in [0.3, 0.4) is 0 Å². The number of fused-ring (bicyclic) bond motifs is 7. The summed E-state index contributed by atoms with van der Waals surface area (Å²) in [6.45, 7) is 5.48. The second kappa shape index (κ2) is 28.2. The topological polar surface area (TPSA) is 134 Å². The van der Waals surface area contributed by atoms with Crippen molar-refractivity contribution in [3.63, 3.8) is 0 Å². The first-order valence-corrected chi connectivity index (χ1v) is 39.7. The summed E-state index contributed by atoms with van der Waals surface area (Å²) in [4.78, 5) is 39.2. The molecule has 116 heavy (non-hydrogen) atoms. The Balaban J connectivity index is 0.000000111. The number of furan rings is 1. The molecule has 23 aromatic rings. The minimum atomic E-state index is -0.184. The molecule has 0 amide bonds. The number of para-hydroxylation sites is 3. The SMILES string of the molecule is CC.COc1ccc(-c2ccc3ccc4c(-c5ccc(O)c(C(C)=O)c5)ccc5ccc2c3c54)c2ccccc12.O=C(c1ccccc1O)c1ccc2ccc3c(-c4ccc5c(c4)sc4ccccc45)ccc4ccc1c2c43.O=C(c1ccccc1O)c1ccc2ccc3c(-c4cccc5oc6ccccc6c45)ccc4ccc1c2c43. The lowest BCUT2D eigenvalue weighted by Gasteiger charge is -2.18. The molecule has 0 aliphatic carbocycles. The van der Waals surface area contributed by atoms with Crippen molar-refractivity contribution in [2.75, 3.05) is 7.11 Å². The number of benzene rings is 21. The van der Waals surface area contributed by atoms with Crippen molar-refractivity contribution in [1.29, 1.82) is 0 Å². The van der Waals surface area contributed by atoms with E-state index < -0.39 is 0 Å². The molecule has 9 heteroatoms. The highest BCUT2D eigenvalue weighted by atomic mass is 32.1. The number of thiophene rings is 1. The number of methoxy groups -OCH3 is 1. The standard InChI is InChI=1S/C35H20O3.C35H24O3.C35H20O2S.C2H6/c36-29-9-3-1-6-27(29)35(37)26-19-15-21-13-17-24-22(16-12-20-14-18-25(26)33(21)32(20)24)23-8-5-11-31-34(23)28-7-2-4-10-30(28)38-31;1-20(36)31-19-23(11-17-32(31)37)24-12-7-21-10-15-30-27(13-8-22-9-14-29(24)34(21)35(22)30)26-16-18-33(38-2)28-6-4-3-5-25(26)28;36-30-7-3-1-6-29(30)35(37)28-18-12-21-10-16-26-23(14-9-20-11-17-27(28)34(21)33(20)26)22-13-15-25-24-5-2-4-8-31(24)38-32(25)19-22;1-2/h1-19,36H;3-19,37H,1-2H3;1-19,36H;1-2H3. The number of phenols is 3. The summed E-state index contributed by atoms with van der Waals surface area (Å²) in [6.07, 6.45) is 0. The van der Waals surface area contributed by atoms with Crippen LogP contribution in [-0.2, 0) is 0 Å². The number of aromatic hydroxyl groups is 3. The zero-order valence-corrected chi connectivity index (χ0v) is 64.4. The van der Waals surface area contributed by atoms with Crippen molar-refractivity contribution >= 4 is 179 Å². The fourth-order valence-electron chi connectivity index (χ4n) is 18.0. The van der Waals surface area contributed by atoms with Gasteiger partial charge in [-0.05, 0) is 233 Å². The van der Waals surface area contributed by atoms with E-state index in [0.29, 0.717) is 27.8 Å². The largest absolute Gasteiger partial charge is 0.507 e. The van der Waals surface area contributed by atoms with Crippen LogP contribution in [0.5, 0.6) is 23.0 Å². The second-order valence-electron chi connectivity index (χ2n) is 29.4. The van der Waals surface area contributed by atoms with Crippen LogP contribution in [-0.4, -0.2) is 39.8 Å². The summed E-state index contributed by atoms with van der Waals surface area (Å²) in [7, 11) is 1.71. The van der Waals surface area contributed by atoms with Crippen molar-refractivity contribution in [3.05, 3.63) is 361 Å². The Morgan fingerprint density at radius 3 is 1.20 bits per heavy atom. The average molecular weight is 1520 g/mol. The van der Waals surface area contributed by atoms with Gasteiger partial charge in [0.2, 0.25) is 0 Å². The van der Waals surface area contributed by atoms with E-state index in [0.717, 1.165) is 120 Å². The maximum absolute atomic E-state index is 13.6. The minimum absolute atomic E-state index is 0.00195. The van der Waals surface area contributed by atoms with Crippen molar-refractivity contribution in [2.45, 2.75) is 20.8 Å². The van der Waals surface area contributed by atoms with Crippen molar-refractivity contribution in [3.8, 4) is 67.5 Å². The number of phenolic OH excluding ortho intramolecular Hbond substituents is 3. The van der Waals surface area contributed by atoms with E-state index >= 15 is 0 Å². The molecule has 0 aliphatic heterocycles. The molecule has 0 fully saturated rings. The first-order chi connectivity index (χ1) is 56.9. The normalized spacial score (nSPS) is 11.7. The highest BCUT2D eigenvalue weighted by Crippen LogP contribution is 2.49. The fourth-order valence-corrected chi connectivity index (χ4v) is 19.1. The quantitative estimate of drug-likeness (QED) is 0.0910. The molecular formula is C107H70O8S. The van der Waals surface area contributed by atoms with Crippen LogP contribution in [0, 0.1) is 0 Å². The predicted octanol–water partition coefficient (Wildman–Crippen LogP) is 28.7. The Hall–Kier alpha value is -14.8. The van der Waals surface area contributed by atoms with Gasteiger partial charge in [0.25, 0.3) is 0 Å². The summed E-state index contributed by atoms with van der Waals surface area (Å²) < 4.78 is 14.4. The first-order valence-electron chi connectivity index (χ1n) is 38.9. The summed E-state index contributed by atoms with van der Waals surface area (Å²) in [5.41, 5.74) is 12.8. The van der Waals surface area contributed by atoms with Gasteiger partial charge in [0.05, 0.1) is 23.8 Å². The summed E-state index contributed by atoms with van der Waals surface area (Å²) >= 11 is 1.83. The lowest BCUT2D eigenvalue weighted by molar-refractivity contribution is 0.101. The van der Waals surface area contributed by atoms with E-state index in [9.17, 15) is 29.7 Å². The Morgan fingerprint density at radius 1 is 0.276 bits per heavy atom. The summed E-state index contributed by atoms with van der Waals surface area (Å²) in [5, 5.41) is 58.1. The van der Waals surface area contributed by atoms with Gasteiger partial charge in [-0.1, -0.05) is 269 Å². The van der Waals surface area contributed by atoms with Crippen molar-refractivity contribution in [2.24, 2.45) is 0 Å². The van der Waals surface area contributed by atoms with Crippen LogP contribution >= 0.6 is 11.3 Å². The maximum atomic E-state index is 13.6. The Labute approximate surface area is 669 Å². The molecule has 0 saturated heterocycles. The molecule has 21 aromatic carbocycles. The van der Waals surface area contributed by atoms with Gasteiger partial charge in [0, 0.05) is 47.5 Å². The van der Waals surface area contributed by atoms with Gasteiger partial charge in [-0.3, -0.25) is 14.4 Å². The zero-order chi connectivity index (χ0) is 78.7. The number of Topliss-reactive ketones (excluding diaryl/α,β-unsaturated/α-hetero) is 1. The third-order valence-electron chi connectivity index (χ3n) is 23.2. The fraction of sp³-hybridized carbons (Fsp3) is 0.0374. The minimum Gasteiger partial charge on any atom is -0.507 e. The molecule has 23 rings (SSSR count). The molecule has 0 spiro atoms. The van der Waals surface area contributed by atoms with E-state index in [2.05, 4.69) is 188 Å². The van der Waals surface area contributed by atoms with Crippen molar-refractivity contribution in [1.82, 2.24) is 0 Å². The van der Waals surface area contributed by atoms with Gasteiger partial charge in [0.15, 0.2) is 17.3 Å². The predicted molar refractivity (Wildman–Crippen MR) is 483 cm³/mol. The molecule has 8 nitrogen and oxygen atoms in total. The van der Waals surface area contributed by atoms with E-state index in [1.807, 2.05) is 110 Å². The lowest BCUT2D eigenvalue weighted by Crippen LogP contribution is -2.03. The van der Waals surface area contributed by atoms with Gasteiger partial charge < -0.3 is 24.5 Å². The van der Waals surface area contributed by atoms with Crippen LogP contribution < -0.4 is 4.74 Å². The van der Waals surface area contributed by atoms with E-state index in [1.165, 1.54) is 87.1 Å². The molecule has 0 unspecified atom stereocenters. The number of rotatable bonds is 10. The van der Waals surface area contributed by atoms with Gasteiger partial charge in [-0.2, -0.15) is 0 Å². The highest BCUT2D eigenvalue weighted by molar-refractivity contribution is 7.25. The van der Waals surface area contributed by atoms with Crippen LogP contribution in [0.4, 0.5) is 0 Å². The highest BCUT2D eigenvalue weighted by Gasteiger charge is 2.25. The van der Waals surface area contributed by atoms with Crippen LogP contribution in [0.1, 0.15) is 63.0 Å². The molecule has 2 heterocycles. The Kier molecular flexibility index (Phi) is 17.1. The average Bonchev–Trinajstić information content (AvgIpc) is 1.04. The molecule has 0 atom stereocenters. The smallest absolute Gasteiger partial charge is 0.197 e. The molecule has 3 N–H and O–H groups in total. The molecule has 0 saturated carbocycles. The van der Waals surface area contributed by atoms with E-state index in [1.54, 1.807) is 67.8 Å². The van der Waals surface area contributed by atoms with Gasteiger partial charge in [-0.15, -0.1) is 11.3 Å². The van der Waals surface area contributed by atoms with Crippen molar-refractivity contribution < 1.29 is 38.9 Å². The molecular weight excluding hydrogens is 1450 g/mol. The Morgan fingerprint density at radius 2 is 0.655 bits per heavy atom. The van der Waals surface area contributed by atoms with Gasteiger partial charge >= 0.3 is 0 Å². The number of ether oxygens (including phenoxy) is 1. The first kappa shape index (κ1) is 70.4. The number of carbonyl (C=O) groups excluding carboxylic acids is 3. The molecule has 2 aromatic heterocycles. The zero-order valence-electron chi connectivity index (χ0n) is 63.5. The number of hydrogen-bond acceptors (Lipinski definition) is 9. The third-order valence-corrected chi connectivity index (χ3v) is 24.4. The number of carbonyl (C=O) groups is 3. The van der Waals surface area contributed by atoms with Crippen LogP contribution in [0.2, 0.25) is 0 Å². The number of hydrogen-bond donors (Lipinski definition) is 3. The monoisotopic (exact) mass is 1510 g/mol.